The number of aromatic nitrogens is 1. The van der Waals surface area contributed by atoms with Crippen LogP contribution in [0.4, 0.5) is 21.9 Å². The number of piperidine rings is 1. The summed E-state index contributed by atoms with van der Waals surface area (Å²) in [7, 11) is -3.35. The number of hydrogen-bond acceptors (Lipinski definition) is 8. The number of pyridine rings is 1. The molecule has 0 bridgehead atoms. The van der Waals surface area contributed by atoms with Gasteiger partial charge < -0.3 is 20.3 Å². The summed E-state index contributed by atoms with van der Waals surface area (Å²) in [6.45, 7) is 2.75. The van der Waals surface area contributed by atoms with E-state index < -0.39 is 16.1 Å². The number of carbonyl (C=O) groups excluding carboxylic acids is 3. The highest BCUT2D eigenvalue weighted by Crippen LogP contribution is 2.46. The van der Waals surface area contributed by atoms with Gasteiger partial charge >= 0.3 is 6.03 Å². The summed E-state index contributed by atoms with van der Waals surface area (Å²) in [4.78, 5) is 48.5. The molecule has 14 heteroatoms. The fourth-order valence-corrected chi connectivity index (χ4v) is 6.98. The van der Waals surface area contributed by atoms with Crippen LogP contribution in [0.5, 0.6) is 11.5 Å². The molecule has 0 unspecified atom stereocenters. The molecule has 2 aromatic heterocycles. The molecule has 6 rings (SSSR count). The summed E-state index contributed by atoms with van der Waals surface area (Å²) < 4.78 is 30.7. The minimum Gasteiger partial charge on any atom is -0.457 e. The van der Waals surface area contributed by atoms with Gasteiger partial charge in [-0.3, -0.25) is 14.5 Å². The Morgan fingerprint density at radius 2 is 1.93 bits per heavy atom. The van der Waals surface area contributed by atoms with Crippen LogP contribution in [0.2, 0.25) is 0 Å². The number of anilines is 3. The van der Waals surface area contributed by atoms with E-state index >= 15 is 0 Å². The van der Waals surface area contributed by atoms with Gasteiger partial charge in [0.15, 0.2) is 0 Å². The van der Waals surface area contributed by atoms with Crippen molar-refractivity contribution < 1.29 is 27.5 Å². The first-order valence-corrected chi connectivity index (χ1v) is 17.4. The number of amides is 4. The Bertz CT molecular complexity index is 1960. The van der Waals surface area contributed by atoms with Crippen molar-refractivity contribution in [3.05, 3.63) is 83.4 Å². The molecule has 2 aliphatic heterocycles. The molecule has 4 amide bonds. The van der Waals surface area contributed by atoms with Crippen LogP contribution < -0.4 is 25.0 Å². The molecule has 4 aromatic rings. The van der Waals surface area contributed by atoms with Crippen molar-refractivity contribution in [1.82, 2.24) is 19.9 Å². The van der Waals surface area contributed by atoms with Gasteiger partial charge in [-0.25, -0.2) is 22.9 Å². The number of urea groups is 1. The van der Waals surface area contributed by atoms with Crippen molar-refractivity contribution in [3.8, 4) is 11.5 Å². The zero-order valence-electron chi connectivity index (χ0n) is 25.1. The van der Waals surface area contributed by atoms with E-state index in [0.717, 1.165) is 11.8 Å². The Morgan fingerprint density at radius 3 is 2.70 bits per heavy atom. The number of sulfonamides is 1. The van der Waals surface area contributed by atoms with Crippen LogP contribution in [-0.4, -0.2) is 68.1 Å². The highest BCUT2D eigenvalue weighted by Gasteiger charge is 2.34. The maximum atomic E-state index is 13.6. The second kappa shape index (κ2) is 12.9. The van der Waals surface area contributed by atoms with E-state index in [1.54, 1.807) is 22.1 Å². The van der Waals surface area contributed by atoms with Gasteiger partial charge in [0.2, 0.25) is 15.9 Å². The zero-order chi connectivity index (χ0) is 32.4. The van der Waals surface area contributed by atoms with Gasteiger partial charge in [-0.1, -0.05) is 24.3 Å². The molecule has 46 heavy (non-hydrogen) atoms. The predicted molar refractivity (Wildman–Crippen MR) is 178 cm³/mol. The van der Waals surface area contributed by atoms with Gasteiger partial charge in [-0.2, -0.15) is 0 Å². The topological polar surface area (TPSA) is 150 Å². The van der Waals surface area contributed by atoms with Gasteiger partial charge in [-0.15, -0.1) is 11.3 Å². The normalized spacial score (nSPS) is 16.5. The summed E-state index contributed by atoms with van der Waals surface area (Å²) in [5, 5.41) is 6.64. The van der Waals surface area contributed by atoms with Crippen molar-refractivity contribution in [2.24, 2.45) is 0 Å². The first-order chi connectivity index (χ1) is 22.1. The summed E-state index contributed by atoms with van der Waals surface area (Å²) in [5.74, 6) is 0.729. The third-order valence-electron chi connectivity index (χ3n) is 7.63. The monoisotopic (exact) mass is 660 g/mol. The van der Waals surface area contributed by atoms with Crippen molar-refractivity contribution in [3.63, 3.8) is 0 Å². The molecule has 3 N–H and O–H groups in total. The van der Waals surface area contributed by atoms with Crippen molar-refractivity contribution in [1.29, 1.82) is 0 Å². The molecule has 12 nitrogen and oxygen atoms in total. The number of aryl methyl sites for hydroxylation is 1. The van der Waals surface area contributed by atoms with E-state index in [-0.39, 0.29) is 24.4 Å². The van der Waals surface area contributed by atoms with Gasteiger partial charge in [0.1, 0.15) is 21.2 Å². The van der Waals surface area contributed by atoms with E-state index in [0.29, 0.717) is 69.6 Å². The molecular formula is C32H32N6O6S2. The second-order valence-corrected chi connectivity index (χ2v) is 13.9. The number of nitrogens with zero attached hydrogens (tertiary/aromatic N) is 3. The number of benzene rings is 2. The van der Waals surface area contributed by atoms with E-state index in [9.17, 15) is 22.8 Å². The predicted octanol–water partition coefficient (Wildman–Crippen LogP) is 4.91. The van der Waals surface area contributed by atoms with Crippen molar-refractivity contribution in [2.75, 3.05) is 36.1 Å². The highest BCUT2D eigenvalue weighted by molar-refractivity contribution is 7.88. The average Bonchev–Trinajstić information content (AvgIpc) is 3.39. The lowest BCUT2D eigenvalue weighted by molar-refractivity contribution is -0.127. The molecular weight excluding hydrogens is 629 g/mol. The Morgan fingerprint density at radius 1 is 1.13 bits per heavy atom. The van der Waals surface area contributed by atoms with E-state index in [1.807, 2.05) is 55.5 Å². The smallest absolute Gasteiger partial charge is 0.331 e. The average molecular weight is 661 g/mol. The zero-order valence-corrected chi connectivity index (χ0v) is 26.8. The summed E-state index contributed by atoms with van der Waals surface area (Å²) in [6.07, 6.45) is 6.83. The number of nitrogens with one attached hydrogen (secondary N) is 3. The minimum atomic E-state index is -3.35. The third-order valence-corrected chi connectivity index (χ3v) is 9.42. The molecule has 0 saturated carbocycles. The van der Waals surface area contributed by atoms with Crippen LogP contribution >= 0.6 is 11.3 Å². The first kappa shape index (κ1) is 31.2. The molecule has 1 atom stereocenters. The minimum absolute atomic E-state index is 0.0139. The summed E-state index contributed by atoms with van der Waals surface area (Å²) in [5.41, 5.74) is 2.52. The lowest BCUT2D eigenvalue weighted by Crippen LogP contribution is -2.49. The van der Waals surface area contributed by atoms with E-state index in [2.05, 4.69) is 20.3 Å². The van der Waals surface area contributed by atoms with Crippen molar-refractivity contribution in [2.45, 2.75) is 25.8 Å². The number of para-hydroxylation sites is 1. The second-order valence-electron chi connectivity index (χ2n) is 11.1. The first-order valence-electron chi connectivity index (χ1n) is 14.6. The number of ether oxygens (including phenoxy) is 1. The molecule has 0 radical (unpaired) electrons. The van der Waals surface area contributed by atoms with Gasteiger partial charge in [0.05, 0.1) is 28.7 Å². The Balaban J connectivity index is 1.19. The number of likely N-dealkylation sites (tertiary alicyclic amines) is 1. The number of carbonyl (C=O) groups is 3. The maximum Gasteiger partial charge on any atom is 0.331 e. The number of rotatable bonds is 9. The quantitative estimate of drug-likeness (QED) is 0.216. The lowest BCUT2D eigenvalue weighted by Gasteiger charge is -2.32. The molecule has 2 aromatic carbocycles. The molecule has 1 saturated heterocycles. The van der Waals surface area contributed by atoms with Crippen LogP contribution in [0.25, 0.3) is 10.2 Å². The molecule has 1 fully saturated rings. The van der Waals surface area contributed by atoms with E-state index in [1.165, 1.54) is 23.5 Å². The van der Waals surface area contributed by atoms with Crippen molar-refractivity contribution >= 4 is 66.5 Å². The number of hydrogen-bond donors (Lipinski definition) is 3. The summed E-state index contributed by atoms with van der Waals surface area (Å²) >= 11 is 1.20. The summed E-state index contributed by atoms with van der Waals surface area (Å²) in [6, 6.07) is 16.0. The fourth-order valence-electron chi connectivity index (χ4n) is 5.56. The van der Waals surface area contributed by atoms with Crippen LogP contribution in [0.3, 0.4) is 0 Å². The Hall–Kier alpha value is -4.79. The molecule has 4 heterocycles. The Kier molecular flexibility index (Phi) is 8.75. The lowest BCUT2D eigenvalue weighted by atomic mass is 10.0. The fraction of sp³-hybridized carbons (Fsp3) is 0.250. The molecule has 0 spiro atoms. The van der Waals surface area contributed by atoms with Gasteiger partial charge in [-0.05, 0) is 61.7 Å². The van der Waals surface area contributed by atoms with Gasteiger partial charge in [0, 0.05) is 37.9 Å². The highest BCUT2D eigenvalue weighted by atomic mass is 32.2. The maximum absolute atomic E-state index is 13.6. The van der Waals surface area contributed by atoms with Crippen LogP contribution in [0.15, 0.2) is 72.9 Å². The Labute approximate surface area is 270 Å². The van der Waals surface area contributed by atoms with Crippen LogP contribution in [-0.2, 0) is 14.8 Å². The largest absolute Gasteiger partial charge is 0.457 e. The third kappa shape index (κ3) is 6.73. The SMILES string of the molecule is Cc1cc(Oc2ccccc2)ccc1N1C(=O)Nc2c(C(=O)N[C@@H]3CCCN(C(=O)/C=C/CNS(C)(=O)=O)C3)sc3nccc1c23. The molecule has 0 aliphatic carbocycles. The molecule has 2 aliphatic rings. The van der Waals surface area contributed by atoms with E-state index in [4.69, 9.17) is 4.74 Å². The standard InChI is InChI=1S/C32H32N6O6S2/c1-20-18-23(44-22-9-4-3-5-10-22)12-13-24(20)38-25-14-16-33-31-27(25)28(36-32(38)41)29(45-31)30(40)35-21-8-7-17-37(19-21)26(39)11-6-15-34-46(2,42)43/h3-6,9-14,16,18,21,34H,7-8,15,17,19H2,1-2H3,(H,35,40)(H,36,41)/b11-6+/t21-/m1/s1. The van der Waals surface area contributed by atoms with Gasteiger partial charge in [0.25, 0.3) is 5.91 Å². The molecule has 238 valence electrons. The van der Waals surface area contributed by atoms with Crippen LogP contribution in [0.1, 0.15) is 28.1 Å². The number of thiophene rings is 1. The van der Waals surface area contributed by atoms with Crippen LogP contribution in [0, 0.1) is 6.92 Å².